The Bertz CT molecular complexity index is 788. The van der Waals surface area contributed by atoms with Gasteiger partial charge in [-0.3, -0.25) is 9.59 Å². The maximum Gasteiger partial charge on any atom is 0.259 e. The molecule has 0 aromatic heterocycles. The minimum Gasteiger partial charge on any atom is -0.497 e. The second-order valence-electron chi connectivity index (χ2n) is 6.15. The van der Waals surface area contributed by atoms with Crippen LogP contribution >= 0.6 is 0 Å². The number of rotatable bonds is 6. The highest BCUT2D eigenvalue weighted by Gasteiger charge is 2.31. The third-order valence-electron chi connectivity index (χ3n) is 4.34. The van der Waals surface area contributed by atoms with Gasteiger partial charge in [0.05, 0.1) is 13.3 Å². The largest absolute Gasteiger partial charge is 0.497 e. The van der Waals surface area contributed by atoms with E-state index in [1.54, 1.807) is 18.2 Å². The van der Waals surface area contributed by atoms with Crippen LogP contribution in [0.15, 0.2) is 59.7 Å². The Hall–Kier alpha value is -3.15. The van der Waals surface area contributed by atoms with E-state index in [1.165, 1.54) is 0 Å². The number of likely N-dealkylation sites (tertiary alicyclic amines) is 1. The summed E-state index contributed by atoms with van der Waals surface area (Å²) in [4.78, 5) is 25.8. The second-order valence-corrected chi connectivity index (χ2v) is 6.15. The van der Waals surface area contributed by atoms with Crippen LogP contribution in [0.2, 0.25) is 0 Å². The molecule has 134 valence electrons. The van der Waals surface area contributed by atoms with E-state index in [9.17, 15) is 9.59 Å². The van der Waals surface area contributed by atoms with E-state index in [-0.39, 0.29) is 24.3 Å². The first kappa shape index (κ1) is 17.7. The molecule has 6 nitrogen and oxygen atoms in total. The van der Waals surface area contributed by atoms with Gasteiger partial charge in [0.15, 0.2) is 0 Å². The number of ether oxygens (including phenoxy) is 1. The van der Waals surface area contributed by atoms with Crippen molar-refractivity contribution in [2.24, 2.45) is 5.10 Å². The second kappa shape index (κ2) is 8.29. The molecule has 2 aromatic carbocycles. The highest BCUT2D eigenvalue weighted by Crippen LogP contribution is 2.27. The van der Waals surface area contributed by atoms with Crippen LogP contribution in [0.4, 0.5) is 0 Å². The van der Waals surface area contributed by atoms with Crippen molar-refractivity contribution in [1.82, 2.24) is 10.3 Å². The summed E-state index contributed by atoms with van der Waals surface area (Å²) >= 11 is 0. The number of hydrazone groups is 1. The first-order chi connectivity index (χ1) is 12.7. The van der Waals surface area contributed by atoms with Crippen molar-refractivity contribution < 1.29 is 14.3 Å². The van der Waals surface area contributed by atoms with Crippen molar-refractivity contribution in [1.29, 1.82) is 0 Å². The summed E-state index contributed by atoms with van der Waals surface area (Å²) < 4.78 is 5.09. The van der Waals surface area contributed by atoms with Gasteiger partial charge in [0.25, 0.3) is 5.91 Å². The van der Waals surface area contributed by atoms with E-state index >= 15 is 0 Å². The number of amides is 2. The molecule has 0 bridgehead atoms. The van der Waals surface area contributed by atoms with Crippen LogP contribution in [0.3, 0.4) is 0 Å². The Morgan fingerprint density at radius 2 is 1.96 bits per heavy atom. The van der Waals surface area contributed by atoms with Crippen LogP contribution in [0, 0.1) is 0 Å². The molecule has 2 aromatic rings. The van der Waals surface area contributed by atoms with Gasteiger partial charge in [0.2, 0.25) is 5.91 Å². The van der Waals surface area contributed by atoms with Crippen molar-refractivity contribution in [3.8, 4) is 5.75 Å². The molecule has 0 spiro atoms. The Morgan fingerprint density at radius 3 is 2.65 bits per heavy atom. The van der Waals surface area contributed by atoms with Crippen LogP contribution < -0.4 is 10.2 Å². The van der Waals surface area contributed by atoms with E-state index in [0.29, 0.717) is 13.0 Å². The van der Waals surface area contributed by atoms with Gasteiger partial charge in [-0.25, -0.2) is 5.43 Å². The molecule has 26 heavy (non-hydrogen) atoms. The normalized spacial score (nSPS) is 16.9. The quantitative estimate of drug-likeness (QED) is 0.640. The summed E-state index contributed by atoms with van der Waals surface area (Å²) in [6, 6.07) is 17.2. The molecule has 1 heterocycles. The van der Waals surface area contributed by atoms with Gasteiger partial charge in [0.1, 0.15) is 12.3 Å². The molecule has 0 aliphatic carbocycles. The fraction of sp³-hybridized carbons (Fsp3) is 0.250. The predicted molar refractivity (Wildman–Crippen MR) is 99.1 cm³/mol. The smallest absolute Gasteiger partial charge is 0.259 e. The average Bonchev–Trinajstić information content (AvgIpc) is 3.03. The monoisotopic (exact) mass is 351 g/mol. The molecule has 1 atom stereocenters. The van der Waals surface area contributed by atoms with E-state index in [2.05, 4.69) is 10.5 Å². The third kappa shape index (κ3) is 4.47. The number of hydrogen-bond donors (Lipinski definition) is 1. The zero-order valence-electron chi connectivity index (χ0n) is 14.6. The van der Waals surface area contributed by atoms with Crippen molar-refractivity contribution in [3.05, 3.63) is 65.7 Å². The first-order valence-electron chi connectivity index (χ1n) is 8.44. The summed E-state index contributed by atoms with van der Waals surface area (Å²) in [5, 5.41) is 3.94. The molecule has 2 amide bonds. The molecule has 1 N–H and O–H groups in total. The zero-order chi connectivity index (χ0) is 18.4. The molecule has 1 fully saturated rings. The lowest BCUT2D eigenvalue weighted by Gasteiger charge is -2.15. The summed E-state index contributed by atoms with van der Waals surface area (Å²) in [5.74, 6) is 0.580. The van der Waals surface area contributed by atoms with Crippen LogP contribution in [-0.4, -0.2) is 43.1 Å². The van der Waals surface area contributed by atoms with Gasteiger partial charge in [-0.2, -0.15) is 5.10 Å². The Balaban J connectivity index is 1.50. The maximum atomic E-state index is 12.1. The highest BCUT2D eigenvalue weighted by atomic mass is 16.5. The molecule has 1 aliphatic rings. The molecule has 1 saturated heterocycles. The van der Waals surface area contributed by atoms with Crippen LogP contribution in [0.25, 0.3) is 0 Å². The molecular weight excluding hydrogens is 330 g/mol. The fourth-order valence-electron chi connectivity index (χ4n) is 2.95. The molecular formula is C20H21N3O3. The fourth-order valence-corrected chi connectivity index (χ4v) is 2.95. The Labute approximate surface area is 152 Å². The van der Waals surface area contributed by atoms with E-state index in [4.69, 9.17) is 4.74 Å². The number of carbonyl (C=O) groups is 2. The summed E-state index contributed by atoms with van der Waals surface area (Å²) in [7, 11) is 1.60. The minimum absolute atomic E-state index is 0.00635. The number of methoxy groups -OCH3 is 1. The molecule has 1 unspecified atom stereocenters. The molecule has 6 heteroatoms. The number of nitrogens with one attached hydrogen (secondary N) is 1. The van der Waals surface area contributed by atoms with Crippen LogP contribution in [0.1, 0.15) is 23.5 Å². The van der Waals surface area contributed by atoms with Gasteiger partial charge < -0.3 is 9.64 Å². The van der Waals surface area contributed by atoms with Crippen molar-refractivity contribution in [3.63, 3.8) is 0 Å². The maximum absolute atomic E-state index is 12.1. The Morgan fingerprint density at radius 1 is 1.23 bits per heavy atom. The highest BCUT2D eigenvalue weighted by molar-refractivity contribution is 5.87. The molecule has 1 aliphatic heterocycles. The molecule has 3 rings (SSSR count). The third-order valence-corrected chi connectivity index (χ3v) is 4.34. The van der Waals surface area contributed by atoms with E-state index in [0.717, 1.165) is 16.9 Å². The van der Waals surface area contributed by atoms with Gasteiger partial charge >= 0.3 is 0 Å². The lowest BCUT2D eigenvalue weighted by molar-refractivity contribution is -0.133. The minimum atomic E-state index is -0.308. The lowest BCUT2D eigenvalue weighted by Crippen LogP contribution is -2.36. The van der Waals surface area contributed by atoms with Crippen molar-refractivity contribution in [2.45, 2.75) is 12.3 Å². The number of benzene rings is 2. The average molecular weight is 351 g/mol. The zero-order valence-corrected chi connectivity index (χ0v) is 14.6. The SMILES string of the molecule is COc1ccc(C=NNC(=O)CN2CC(c3ccccc3)CC2=O)cc1. The van der Waals surface area contributed by atoms with Crippen molar-refractivity contribution >= 4 is 18.0 Å². The van der Waals surface area contributed by atoms with E-state index < -0.39 is 0 Å². The topological polar surface area (TPSA) is 71.0 Å². The Kier molecular flexibility index (Phi) is 5.63. The van der Waals surface area contributed by atoms with Gasteiger partial charge in [-0.05, 0) is 35.4 Å². The molecule has 0 saturated carbocycles. The predicted octanol–water partition coefficient (Wildman–Crippen LogP) is 2.16. The van der Waals surface area contributed by atoms with Gasteiger partial charge in [0, 0.05) is 18.9 Å². The van der Waals surface area contributed by atoms with Crippen molar-refractivity contribution in [2.75, 3.05) is 20.2 Å². The first-order valence-corrected chi connectivity index (χ1v) is 8.44. The van der Waals surface area contributed by atoms with Gasteiger partial charge in [-0.15, -0.1) is 0 Å². The number of carbonyl (C=O) groups excluding carboxylic acids is 2. The summed E-state index contributed by atoms with van der Waals surface area (Å²) in [5.41, 5.74) is 4.43. The standard InChI is InChI=1S/C20H21N3O3/c1-26-18-9-7-15(8-10-18)12-21-22-19(24)14-23-13-17(11-20(23)25)16-5-3-2-4-6-16/h2-10,12,17H,11,13-14H2,1H3,(H,22,24). The number of hydrogen-bond acceptors (Lipinski definition) is 4. The summed E-state index contributed by atoms with van der Waals surface area (Å²) in [6.07, 6.45) is 1.99. The summed E-state index contributed by atoms with van der Waals surface area (Å²) in [6.45, 7) is 0.570. The van der Waals surface area contributed by atoms with Crippen LogP contribution in [0.5, 0.6) is 5.75 Å². The van der Waals surface area contributed by atoms with Crippen LogP contribution in [-0.2, 0) is 9.59 Å². The lowest BCUT2D eigenvalue weighted by atomic mass is 9.99. The van der Waals surface area contributed by atoms with E-state index in [1.807, 2.05) is 54.6 Å². The van der Waals surface area contributed by atoms with Gasteiger partial charge in [-0.1, -0.05) is 30.3 Å². The number of nitrogens with zero attached hydrogens (tertiary/aromatic N) is 2. The molecule has 0 radical (unpaired) electrons.